The Balaban J connectivity index is 2.67. The molecule has 0 aliphatic rings. The van der Waals surface area contributed by atoms with Crippen molar-refractivity contribution in [1.29, 1.82) is 0 Å². The highest BCUT2D eigenvalue weighted by molar-refractivity contribution is 6.11. The van der Waals surface area contributed by atoms with Crippen LogP contribution < -0.4 is 28.4 Å². The van der Waals surface area contributed by atoms with E-state index in [2.05, 4.69) is 41.5 Å². The van der Waals surface area contributed by atoms with Crippen LogP contribution in [-0.2, 0) is 0 Å². The zero-order chi connectivity index (χ0) is 33.4. The van der Waals surface area contributed by atoms with Crippen LogP contribution in [0.5, 0.6) is 34.5 Å². The van der Waals surface area contributed by atoms with Crippen LogP contribution in [-0.4, -0.2) is 45.4 Å². The molecule has 0 aromatic heterocycles. The van der Waals surface area contributed by atoms with Crippen molar-refractivity contribution in [2.45, 2.75) is 119 Å². The molecule has 0 radical (unpaired) electrons. The molecule has 0 unspecified atom stereocenters. The first-order valence-electron chi connectivity index (χ1n) is 17.9. The zero-order valence-corrected chi connectivity index (χ0v) is 29.5. The highest BCUT2D eigenvalue weighted by Crippen LogP contribution is 2.46. The van der Waals surface area contributed by atoms with Crippen molar-refractivity contribution in [2.75, 3.05) is 39.6 Å². The third-order valence-electron chi connectivity index (χ3n) is 7.33. The van der Waals surface area contributed by atoms with Crippen molar-refractivity contribution >= 4 is 11.9 Å². The molecule has 2 aromatic carbocycles. The van der Waals surface area contributed by atoms with Crippen molar-refractivity contribution in [3.63, 3.8) is 0 Å². The smallest absolute Gasteiger partial charge is 0.193 e. The molecule has 258 valence electrons. The molecule has 0 atom stereocenters. The Morgan fingerprint density at radius 3 is 1.39 bits per heavy atom. The Kier molecular flexibility index (Phi) is 20.2. The number of benzene rings is 2. The molecule has 7 heteroatoms. The summed E-state index contributed by atoms with van der Waals surface area (Å²) in [6.45, 7) is 15.9. The monoisotopic (exact) mass is 640 g/mol. The molecule has 2 rings (SSSR count). The van der Waals surface area contributed by atoms with Crippen LogP contribution in [0.2, 0.25) is 0 Å². The van der Waals surface area contributed by atoms with Crippen LogP contribution in [0.4, 0.5) is 0 Å². The molecule has 2 aromatic rings. The predicted octanol–water partition coefficient (Wildman–Crippen LogP) is 10.7. The molecule has 0 bridgehead atoms. The lowest BCUT2D eigenvalue weighted by atomic mass is 10.0. The quantitative estimate of drug-likeness (QED) is 0.0546. The summed E-state index contributed by atoms with van der Waals surface area (Å²) >= 11 is 0. The average Bonchev–Trinajstić information content (AvgIpc) is 3.06. The van der Waals surface area contributed by atoms with Gasteiger partial charge < -0.3 is 28.4 Å². The van der Waals surface area contributed by atoms with Crippen molar-refractivity contribution in [3.05, 3.63) is 41.5 Å². The highest BCUT2D eigenvalue weighted by Gasteiger charge is 2.27. The van der Waals surface area contributed by atoms with Crippen LogP contribution >= 0.6 is 0 Å². The summed E-state index contributed by atoms with van der Waals surface area (Å²) in [6, 6.07) is 7.61. The fraction of sp³-hybridized carbons (Fsp3) is 0.615. The minimum atomic E-state index is -0.254. The molecule has 0 N–H and O–H groups in total. The average molecular weight is 641 g/mol. The number of ketones is 1. The van der Waals surface area contributed by atoms with E-state index in [1.165, 1.54) is 0 Å². The molecular weight excluding hydrogens is 580 g/mol. The number of hydrogen-bond acceptors (Lipinski definition) is 7. The molecule has 46 heavy (non-hydrogen) atoms. The van der Waals surface area contributed by atoms with E-state index in [0.717, 1.165) is 88.4 Å². The third-order valence-corrected chi connectivity index (χ3v) is 7.33. The van der Waals surface area contributed by atoms with Crippen LogP contribution in [0.15, 0.2) is 30.3 Å². The van der Waals surface area contributed by atoms with Gasteiger partial charge in [0.15, 0.2) is 28.8 Å². The number of allylic oxidation sites excluding steroid dienone is 1. The summed E-state index contributed by atoms with van der Waals surface area (Å²) in [4.78, 5) is 14.3. The molecule has 0 saturated carbocycles. The number of ether oxygens (including phenoxy) is 6. The van der Waals surface area contributed by atoms with Crippen LogP contribution in [0.3, 0.4) is 0 Å². The largest absolute Gasteiger partial charge is 0.494 e. The van der Waals surface area contributed by atoms with Gasteiger partial charge in [-0.3, -0.25) is 4.79 Å². The second kappa shape index (κ2) is 23.9. The lowest BCUT2D eigenvalue weighted by Gasteiger charge is -2.22. The number of rotatable bonds is 27. The summed E-state index contributed by atoms with van der Waals surface area (Å²) in [5.74, 6) is 3.02. The second-order valence-corrected chi connectivity index (χ2v) is 11.5. The van der Waals surface area contributed by atoms with Gasteiger partial charge in [-0.1, -0.05) is 80.1 Å². The van der Waals surface area contributed by atoms with Gasteiger partial charge in [-0.2, -0.15) is 0 Å². The van der Waals surface area contributed by atoms with Crippen molar-refractivity contribution in [3.8, 4) is 34.5 Å². The maximum Gasteiger partial charge on any atom is 0.193 e. The van der Waals surface area contributed by atoms with E-state index in [-0.39, 0.29) is 5.78 Å². The highest BCUT2D eigenvalue weighted by atomic mass is 16.5. The molecule has 7 nitrogen and oxygen atoms in total. The summed E-state index contributed by atoms with van der Waals surface area (Å²) in [5.41, 5.74) is 1.10. The topological polar surface area (TPSA) is 72.5 Å². The van der Waals surface area contributed by atoms with Gasteiger partial charge in [0.1, 0.15) is 17.1 Å². The first-order valence-corrected chi connectivity index (χ1v) is 17.9. The fourth-order valence-corrected chi connectivity index (χ4v) is 4.40. The molecule has 0 spiro atoms. The minimum absolute atomic E-state index is 0.254. The first kappa shape index (κ1) is 38.8. The Morgan fingerprint density at radius 1 is 0.522 bits per heavy atom. The molecule has 0 amide bonds. The van der Waals surface area contributed by atoms with Gasteiger partial charge in [-0.05, 0) is 68.9 Å². The van der Waals surface area contributed by atoms with E-state index >= 15 is 0 Å². The Labute approximate surface area is 278 Å². The molecule has 0 aliphatic carbocycles. The molecule has 0 fully saturated rings. The fourth-order valence-electron chi connectivity index (χ4n) is 4.40. The van der Waals surface area contributed by atoms with Crippen LogP contribution in [0, 0.1) is 0 Å². The van der Waals surface area contributed by atoms with E-state index in [1.807, 2.05) is 24.3 Å². The summed E-state index contributed by atoms with van der Waals surface area (Å²) < 4.78 is 37.3. The molecule has 0 saturated heterocycles. The maximum absolute atomic E-state index is 14.3. The van der Waals surface area contributed by atoms with Crippen LogP contribution in [0.1, 0.15) is 135 Å². The van der Waals surface area contributed by atoms with Gasteiger partial charge in [-0.25, -0.2) is 0 Å². The van der Waals surface area contributed by atoms with Gasteiger partial charge in [-0.15, -0.1) is 0 Å². The first-order chi connectivity index (χ1) is 22.5. The molecule has 0 heterocycles. The van der Waals surface area contributed by atoms with E-state index in [4.69, 9.17) is 28.4 Å². The molecule has 0 aliphatic heterocycles. The van der Waals surface area contributed by atoms with Gasteiger partial charge in [0.2, 0.25) is 0 Å². The number of unbranched alkanes of at least 4 members (excludes halogenated alkanes) is 6. The predicted molar refractivity (Wildman–Crippen MR) is 189 cm³/mol. The van der Waals surface area contributed by atoms with E-state index < -0.39 is 0 Å². The lowest BCUT2D eigenvalue weighted by Crippen LogP contribution is -2.12. The van der Waals surface area contributed by atoms with Gasteiger partial charge in [0, 0.05) is 11.6 Å². The zero-order valence-electron chi connectivity index (χ0n) is 29.5. The number of carbonyl (C=O) groups is 1. The van der Waals surface area contributed by atoms with E-state index in [0.29, 0.717) is 74.0 Å². The van der Waals surface area contributed by atoms with Crippen molar-refractivity contribution in [2.24, 2.45) is 0 Å². The Morgan fingerprint density at radius 2 is 0.935 bits per heavy atom. The van der Waals surface area contributed by atoms with Crippen molar-refractivity contribution < 1.29 is 33.2 Å². The number of hydrogen-bond donors (Lipinski definition) is 0. The normalized spacial score (nSPS) is 11.1. The Bertz CT molecular complexity index is 1120. The second-order valence-electron chi connectivity index (χ2n) is 11.5. The lowest BCUT2D eigenvalue weighted by molar-refractivity contribution is 0.103. The SMILES string of the molecule is CCCCOc1ccc(OCCCC)c(C=CC(=O)c2c(OCCCC)c(OCCCC)cc(OCCCC)c2OCCCC)c1. The third kappa shape index (κ3) is 13.6. The van der Waals surface area contributed by atoms with E-state index in [1.54, 1.807) is 12.2 Å². The standard InChI is InChI=1S/C39H60O7/c1-7-13-23-41-32-20-22-34(42-24-14-8-2)31(29-32)19-21-33(40)37-38(45-27-17-11-5)35(43-25-15-9-3)30-36(44-26-16-10-4)39(37)46-28-18-12-6/h19-22,29-30H,7-18,23-28H2,1-6H3. The summed E-state index contributed by atoms with van der Waals surface area (Å²) in [7, 11) is 0. The van der Waals surface area contributed by atoms with Gasteiger partial charge in [0.25, 0.3) is 0 Å². The summed E-state index contributed by atoms with van der Waals surface area (Å²) in [5, 5.41) is 0. The van der Waals surface area contributed by atoms with Gasteiger partial charge in [0.05, 0.1) is 39.6 Å². The summed E-state index contributed by atoms with van der Waals surface area (Å²) in [6.07, 6.45) is 14.7. The molecular formula is C39H60O7. The Hall–Kier alpha value is -3.35. The van der Waals surface area contributed by atoms with Gasteiger partial charge >= 0.3 is 0 Å². The van der Waals surface area contributed by atoms with Crippen LogP contribution in [0.25, 0.3) is 6.08 Å². The maximum atomic E-state index is 14.3. The minimum Gasteiger partial charge on any atom is -0.494 e. The van der Waals surface area contributed by atoms with Crippen molar-refractivity contribution in [1.82, 2.24) is 0 Å². The number of carbonyl (C=O) groups excluding carboxylic acids is 1. The van der Waals surface area contributed by atoms with E-state index in [9.17, 15) is 4.79 Å².